The van der Waals surface area contributed by atoms with Gasteiger partial charge in [-0.1, -0.05) is 6.08 Å². The van der Waals surface area contributed by atoms with Crippen LogP contribution < -0.4 is 5.73 Å². The summed E-state index contributed by atoms with van der Waals surface area (Å²) < 4.78 is 28.0. The molecule has 0 saturated carbocycles. The molecule has 1 amide bonds. The number of primary amides is 1. The molecule has 1 aromatic heterocycles. The Morgan fingerprint density at radius 1 is 1.62 bits per heavy atom. The van der Waals surface area contributed by atoms with Gasteiger partial charge in [0.05, 0.1) is 5.69 Å². The summed E-state index contributed by atoms with van der Waals surface area (Å²) in [5, 5.41) is 5.94. The first-order valence-electron chi connectivity index (χ1n) is 4.58. The molecule has 2 atom stereocenters. The molecule has 0 saturated heterocycles. The zero-order chi connectivity index (χ0) is 11.8. The van der Waals surface area contributed by atoms with E-state index in [0.29, 0.717) is 0 Å². The van der Waals surface area contributed by atoms with Gasteiger partial charge in [-0.2, -0.15) is 5.10 Å². The average molecular weight is 225 g/mol. The molecule has 84 valence electrons. The van der Waals surface area contributed by atoms with Gasteiger partial charge in [0.25, 0.3) is 0 Å². The monoisotopic (exact) mass is 225 g/mol. The van der Waals surface area contributed by atoms with E-state index in [2.05, 4.69) is 10.2 Å². The predicted octanol–water partition coefficient (Wildman–Crippen LogP) is 1.10. The fourth-order valence-corrected chi connectivity index (χ4v) is 1.73. The third kappa shape index (κ3) is 1.42. The fraction of sp³-hybridized carbons (Fsp3) is 0.200. The second-order valence-electron chi connectivity index (χ2n) is 3.48. The maximum Gasteiger partial charge on any atom is 0.231 e. The molecule has 16 heavy (non-hydrogen) atoms. The quantitative estimate of drug-likeness (QED) is 0.791. The van der Waals surface area contributed by atoms with Crippen molar-refractivity contribution < 1.29 is 13.6 Å². The highest BCUT2D eigenvalue weighted by Gasteiger charge is 2.47. The molecule has 1 aliphatic rings. The van der Waals surface area contributed by atoms with Crippen LogP contribution in [0.4, 0.5) is 8.78 Å². The number of rotatable bonds is 2. The highest BCUT2D eigenvalue weighted by Crippen LogP contribution is 2.41. The summed E-state index contributed by atoms with van der Waals surface area (Å²) in [7, 11) is 0. The largest absolute Gasteiger partial charge is 0.369 e. The van der Waals surface area contributed by atoms with Gasteiger partial charge in [0.2, 0.25) is 5.91 Å². The lowest BCUT2D eigenvalue weighted by atomic mass is 9.81. The smallest absolute Gasteiger partial charge is 0.231 e. The van der Waals surface area contributed by atoms with Crippen LogP contribution in [0.15, 0.2) is 36.3 Å². The SMILES string of the molecule is NC(=O)C1C(F)=CC=CC1(F)c1ccn[nH]1. The zero-order valence-corrected chi connectivity index (χ0v) is 8.15. The summed E-state index contributed by atoms with van der Waals surface area (Å²) in [5.74, 6) is -3.61. The first-order chi connectivity index (χ1) is 7.55. The average Bonchev–Trinajstić information content (AvgIpc) is 2.69. The van der Waals surface area contributed by atoms with Crippen LogP contribution in [-0.4, -0.2) is 16.1 Å². The van der Waals surface area contributed by atoms with Gasteiger partial charge in [0.1, 0.15) is 11.7 Å². The van der Waals surface area contributed by atoms with Crippen LogP contribution in [0.2, 0.25) is 0 Å². The molecule has 3 N–H and O–H groups in total. The van der Waals surface area contributed by atoms with Gasteiger partial charge >= 0.3 is 0 Å². The Kier molecular flexibility index (Phi) is 2.34. The van der Waals surface area contributed by atoms with Crippen LogP contribution in [0.25, 0.3) is 0 Å². The first kappa shape index (κ1) is 10.5. The van der Waals surface area contributed by atoms with Crippen molar-refractivity contribution in [1.29, 1.82) is 0 Å². The van der Waals surface area contributed by atoms with Gasteiger partial charge < -0.3 is 5.73 Å². The second kappa shape index (κ2) is 3.55. The molecule has 1 aromatic rings. The molecule has 0 spiro atoms. The third-order valence-corrected chi connectivity index (χ3v) is 2.49. The number of hydrogen-bond acceptors (Lipinski definition) is 2. The minimum Gasteiger partial charge on any atom is -0.369 e. The van der Waals surface area contributed by atoms with Crippen molar-refractivity contribution >= 4 is 5.91 Å². The van der Waals surface area contributed by atoms with Crippen molar-refractivity contribution in [2.75, 3.05) is 0 Å². The fourth-order valence-electron chi connectivity index (χ4n) is 1.73. The van der Waals surface area contributed by atoms with Crippen LogP contribution in [0.1, 0.15) is 5.69 Å². The lowest BCUT2D eigenvalue weighted by Crippen LogP contribution is -2.40. The lowest BCUT2D eigenvalue weighted by Gasteiger charge is -2.28. The number of allylic oxidation sites excluding steroid dienone is 3. The van der Waals surface area contributed by atoms with E-state index < -0.39 is 23.3 Å². The minimum atomic E-state index is -2.30. The van der Waals surface area contributed by atoms with Crippen molar-refractivity contribution in [2.24, 2.45) is 11.7 Å². The van der Waals surface area contributed by atoms with E-state index in [1.165, 1.54) is 18.3 Å². The van der Waals surface area contributed by atoms with Gasteiger partial charge in [0, 0.05) is 6.20 Å². The Morgan fingerprint density at radius 2 is 2.38 bits per heavy atom. The van der Waals surface area contributed by atoms with E-state index in [1.54, 1.807) is 0 Å². The van der Waals surface area contributed by atoms with Gasteiger partial charge in [-0.25, -0.2) is 8.78 Å². The minimum absolute atomic E-state index is 0.00389. The number of carbonyl (C=O) groups excluding carboxylic acids is 1. The lowest BCUT2D eigenvalue weighted by molar-refractivity contribution is -0.125. The number of nitrogens with one attached hydrogen (secondary N) is 1. The molecule has 0 aliphatic heterocycles. The molecule has 6 heteroatoms. The summed E-state index contributed by atoms with van der Waals surface area (Å²) in [6, 6.07) is 1.33. The maximum atomic E-state index is 14.6. The number of hydrogen-bond donors (Lipinski definition) is 2. The van der Waals surface area contributed by atoms with E-state index in [0.717, 1.165) is 12.2 Å². The maximum absolute atomic E-state index is 14.6. The normalized spacial score (nSPS) is 28.9. The highest BCUT2D eigenvalue weighted by molar-refractivity contribution is 5.82. The molecule has 0 fully saturated rings. The van der Waals surface area contributed by atoms with Crippen LogP contribution >= 0.6 is 0 Å². The number of aromatic amines is 1. The van der Waals surface area contributed by atoms with Gasteiger partial charge in [-0.15, -0.1) is 0 Å². The third-order valence-electron chi connectivity index (χ3n) is 2.49. The van der Waals surface area contributed by atoms with Crippen LogP contribution in [0, 0.1) is 5.92 Å². The number of halogens is 2. The van der Waals surface area contributed by atoms with E-state index in [4.69, 9.17) is 5.73 Å². The topological polar surface area (TPSA) is 71.8 Å². The summed E-state index contributed by atoms with van der Waals surface area (Å²) in [6.45, 7) is 0. The van der Waals surface area contributed by atoms with Crippen molar-refractivity contribution in [3.05, 3.63) is 42.0 Å². The van der Waals surface area contributed by atoms with E-state index in [9.17, 15) is 13.6 Å². The van der Waals surface area contributed by atoms with Crippen LogP contribution in [-0.2, 0) is 10.5 Å². The number of nitrogens with zero attached hydrogens (tertiary/aromatic N) is 1. The Balaban J connectivity index is 2.51. The van der Waals surface area contributed by atoms with Gasteiger partial charge in [-0.05, 0) is 18.2 Å². The highest BCUT2D eigenvalue weighted by atomic mass is 19.2. The molecule has 2 rings (SSSR count). The van der Waals surface area contributed by atoms with E-state index in [1.807, 2.05) is 0 Å². The number of aromatic nitrogens is 2. The molecule has 0 aromatic carbocycles. The summed E-state index contributed by atoms with van der Waals surface area (Å²) >= 11 is 0. The number of amides is 1. The molecule has 1 heterocycles. The van der Waals surface area contributed by atoms with Crippen molar-refractivity contribution in [1.82, 2.24) is 10.2 Å². The summed E-state index contributed by atoms with van der Waals surface area (Å²) in [4.78, 5) is 11.1. The molecule has 0 radical (unpaired) electrons. The first-order valence-corrected chi connectivity index (χ1v) is 4.58. The Morgan fingerprint density at radius 3 is 2.94 bits per heavy atom. The standard InChI is InChI=1S/C10H9F2N3O/c11-6-2-1-4-10(12,8(6)9(13)16)7-3-5-14-15-7/h1-5,8H,(H2,13,16)(H,14,15). The van der Waals surface area contributed by atoms with Crippen molar-refractivity contribution in [3.8, 4) is 0 Å². The van der Waals surface area contributed by atoms with Crippen LogP contribution in [0.3, 0.4) is 0 Å². The second-order valence-corrected chi connectivity index (χ2v) is 3.48. The summed E-state index contributed by atoms with van der Waals surface area (Å²) in [5.41, 5.74) is 2.70. The zero-order valence-electron chi connectivity index (χ0n) is 8.15. The molecule has 2 unspecified atom stereocenters. The number of carbonyl (C=O) groups is 1. The van der Waals surface area contributed by atoms with E-state index in [-0.39, 0.29) is 5.69 Å². The summed E-state index contributed by atoms with van der Waals surface area (Å²) in [6.07, 6.45) is 4.62. The molecule has 0 bridgehead atoms. The Bertz CT molecular complexity index is 466. The van der Waals surface area contributed by atoms with Crippen LogP contribution in [0.5, 0.6) is 0 Å². The Labute approximate surface area is 89.8 Å². The van der Waals surface area contributed by atoms with Crippen molar-refractivity contribution in [2.45, 2.75) is 5.67 Å². The number of H-pyrrole nitrogens is 1. The predicted molar refractivity (Wildman–Crippen MR) is 52.4 cm³/mol. The van der Waals surface area contributed by atoms with E-state index >= 15 is 0 Å². The molecular formula is C10H9F2N3O. The molecule has 1 aliphatic carbocycles. The number of alkyl halides is 1. The number of nitrogens with two attached hydrogens (primary N) is 1. The Hall–Kier alpha value is -1.98. The molecular weight excluding hydrogens is 216 g/mol. The van der Waals surface area contributed by atoms with Crippen molar-refractivity contribution in [3.63, 3.8) is 0 Å². The molecule has 4 nitrogen and oxygen atoms in total. The van der Waals surface area contributed by atoms with Gasteiger partial charge in [0.15, 0.2) is 5.67 Å². The van der Waals surface area contributed by atoms with Gasteiger partial charge in [-0.3, -0.25) is 9.89 Å².